The Bertz CT molecular complexity index is 2420. The molecule has 2 aliphatic rings. The minimum absolute atomic E-state index is 0.0671. The maximum absolute atomic E-state index is 14.5. The van der Waals surface area contributed by atoms with E-state index in [0.717, 1.165) is 25.1 Å². The molecule has 0 radical (unpaired) electrons. The van der Waals surface area contributed by atoms with E-state index in [1.165, 1.54) is 43.4 Å². The van der Waals surface area contributed by atoms with Crippen molar-refractivity contribution < 1.29 is 84.8 Å². The fraction of sp³-hybridized carbons (Fsp3) is 0.558. The summed E-state index contributed by atoms with van der Waals surface area (Å²) in [6, 6.07) is -6.90. The highest BCUT2D eigenvalue weighted by molar-refractivity contribution is 7.80. The Kier molecular flexibility index (Phi) is 22.2. The number of likely N-dealkylation sites (N-methyl/N-ethyl adjacent to an activating group) is 1. The van der Waals surface area contributed by atoms with Crippen LogP contribution < -0.4 is 48.7 Å². The van der Waals surface area contributed by atoms with Crippen molar-refractivity contribution in [3.63, 3.8) is 0 Å². The molecule has 29 nitrogen and oxygen atoms in total. The van der Waals surface area contributed by atoms with Gasteiger partial charge >= 0.3 is 16.4 Å². The zero-order chi connectivity index (χ0) is 55.1. The second kappa shape index (κ2) is 27.0. The molecule has 0 spiro atoms. The van der Waals surface area contributed by atoms with E-state index in [0.29, 0.717) is 4.90 Å². The number of aliphatic hydroxyl groups is 1. The highest BCUT2D eigenvalue weighted by atomic mass is 32.3. The van der Waals surface area contributed by atoms with Gasteiger partial charge in [-0.15, -0.1) is 0 Å². The number of para-hydroxylation sites is 1. The first kappa shape index (κ1) is 60.0. The molecule has 2 aliphatic heterocycles. The second-order valence-corrected chi connectivity index (χ2v) is 18.5. The molecule has 0 bridgehead atoms. The number of aliphatic hydroxyl groups excluding tert-OH is 1. The van der Waals surface area contributed by atoms with Crippen molar-refractivity contribution in [3.8, 4) is 5.75 Å². The molecular weight excluding hydrogens is 991 g/mol. The number of urea groups is 1. The van der Waals surface area contributed by atoms with Gasteiger partial charge in [-0.3, -0.25) is 57.8 Å². The highest BCUT2D eigenvalue weighted by Gasteiger charge is 2.45. The minimum Gasteiger partial charge on any atom is -0.508 e. The average molecular weight is 1050 g/mol. The van der Waals surface area contributed by atoms with E-state index >= 15 is 0 Å². The van der Waals surface area contributed by atoms with Gasteiger partial charge < -0.3 is 68.1 Å². The average Bonchev–Trinajstić information content (AvgIpc) is 3.81. The van der Waals surface area contributed by atoms with Crippen LogP contribution in [0.1, 0.15) is 65.4 Å². The minimum atomic E-state index is -5.76. The molecule has 1 aromatic rings. The number of benzene rings is 1. The summed E-state index contributed by atoms with van der Waals surface area (Å²) in [7, 11) is -3.65. The van der Waals surface area contributed by atoms with Crippen LogP contribution in [0.4, 0.5) is 4.79 Å². The summed E-state index contributed by atoms with van der Waals surface area (Å²) in [6.07, 6.45) is -6.41. The van der Waals surface area contributed by atoms with Crippen molar-refractivity contribution in [2.75, 3.05) is 27.2 Å². The zero-order valence-corrected chi connectivity index (χ0v) is 41.6. The summed E-state index contributed by atoms with van der Waals surface area (Å²) >= 11 is 0. The largest absolute Gasteiger partial charge is 0.508 e. The van der Waals surface area contributed by atoms with Crippen LogP contribution in [-0.2, 0) is 73.7 Å². The third kappa shape index (κ3) is 17.8. The van der Waals surface area contributed by atoms with E-state index in [1.807, 2.05) is 5.32 Å². The molecule has 0 aromatic heterocycles. The predicted octanol–water partition coefficient (Wildman–Crippen LogP) is -5.07. The third-order valence-electron chi connectivity index (χ3n) is 11.5. The van der Waals surface area contributed by atoms with Crippen molar-refractivity contribution in [2.45, 2.75) is 121 Å². The number of rotatable bonds is 13. The lowest BCUT2D eigenvalue weighted by molar-refractivity contribution is -0.146. The molecular formula is C43H63N11O18S. The molecule has 9 atom stereocenters. The molecule has 1 aromatic carbocycles. The first-order chi connectivity index (χ1) is 34.1. The molecule has 2 fully saturated rings. The maximum atomic E-state index is 14.5. The number of hydrogen-bond acceptors (Lipinski definition) is 17. The smallest absolute Gasteiger partial charge is 0.398 e. The summed E-state index contributed by atoms with van der Waals surface area (Å²) in [5.41, 5.74) is 10.1. The van der Waals surface area contributed by atoms with Crippen molar-refractivity contribution in [1.29, 1.82) is 0 Å². The van der Waals surface area contributed by atoms with Gasteiger partial charge in [0, 0.05) is 27.1 Å². The number of hydrogen-bond donors (Lipinski definition) is 12. The summed E-state index contributed by atoms with van der Waals surface area (Å²) < 4.78 is 43.6. The summed E-state index contributed by atoms with van der Waals surface area (Å²) in [4.78, 5) is 151. The first-order valence-corrected chi connectivity index (χ1v) is 24.0. The van der Waals surface area contributed by atoms with Crippen LogP contribution in [0, 0.1) is 5.92 Å². The Hall–Kier alpha value is -7.28. The fourth-order valence-corrected chi connectivity index (χ4v) is 8.07. The molecule has 73 heavy (non-hydrogen) atoms. The molecule has 9 unspecified atom stereocenters. The summed E-state index contributed by atoms with van der Waals surface area (Å²) in [5, 5.41) is 37.2. The molecule has 3 rings (SSSR count). The van der Waals surface area contributed by atoms with Crippen LogP contribution in [0.3, 0.4) is 0 Å². The van der Waals surface area contributed by atoms with Crippen molar-refractivity contribution in [3.05, 3.63) is 41.6 Å². The molecule has 14 N–H and O–H groups in total. The molecule has 0 saturated carbocycles. The first-order valence-electron chi connectivity index (χ1n) is 22.6. The van der Waals surface area contributed by atoms with Crippen LogP contribution in [-0.4, -0.2) is 180 Å². The molecule has 2 heterocycles. The number of allylic oxidation sites excluding steroid dienone is 1. The fourth-order valence-electron chi connectivity index (χ4n) is 7.61. The van der Waals surface area contributed by atoms with E-state index in [4.69, 9.17) is 16.2 Å². The number of ether oxygens (including phenoxy) is 1. The Balaban J connectivity index is 2.29. The third-order valence-corrected chi connectivity index (χ3v) is 11.9. The number of nitrogens with zero attached hydrogens (tertiary/aromatic N) is 2. The van der Waals surface area contributed by atoms with E-state index in [9.17, 15) is 75.9 Å². The topological polar surface area (TPSA) is 444 Å². The molecule has 404 valence electrons. The number of nitrogens with two attached hydrogens (primary N) is 2. The number of carbonyl (C=O) groups excluding carboxylic acids is 11. The van der Waals surface area contributed by atoms with Gasteiger partial charge in [0.2, 0.25) is 41.4 Å². The maximum Gasteiger partial charge on any atom is 0.398 e. The Morgan fingerprint density at radius 1 is 0.890 bits per heavy atom. The number of carbonyl (C=O) groups is 11. The number of phenolic OH excluding ortho intramolecular Hbond substituents is 1. The zero-order valence-electron chi connectivity index (χ0n) is 40.7. The van der Waals surface area contributed by atoms with Gasteiger partial charge in [-0.2, -0.15) is 8.42 Å². The standard InChI is InChI=1S/C43H63N11O18S/c1-7-23-41(65)53(5)19-30(57)50-32(34(72-73(68,69)70)40(64)52-43(45)67)38(62)51-31(21(4)71-6)42(66)54-16-10-12-27(54)37(61)49-25(17-22-11-8-9-13-28(22)55)35(59)48-26(18-29(44)56)36(60)47-24(15-14-20(2)3)33(58)39(63)46-23/h7-9,11,13,20-21,24-27,31-34,55,58H,10,12,14-19H2,1-6H3,(H2,44,56)(H,46,63)(H,47,60)(H,48,59)(H,49,61)(H,50,57)(H,51,62)(H,68,69,70)(H3,45,52,64,67). The molecule has 30 heteroatoms. The van der Waals surface area contributed by atoms with Gasteiger partial charge in [0.1, 0.15) is 41.7 Å². The number of fused-ring (bicyclic) bond motifs is 1. The van der Waals surface area contributed by atoms with Gasteiger partial charge in [0.15, 0.2) is 12.2 Å². The lowest BCUT2D eigenvalue weighted by Crippen LogP contribution is -2.65. The van der Waals surface area contributed by atoms with Crippen LogP contribution in [0.15, 0.2) is 36.0 Å². The van der Waals surface area contributed by atoms with Gasteiger partial charge in [0.25, 0.3) is 17.7 Å². The predicted molar refractivity (Wildman–Crippen MR) is 250 cm³/mol. The van der Waals surface area contributed by atoms with E-state index < -0.39 is 155 Å². The molecule has 2 saturated heterocycles. The Morgan fingerprint density at radius 3 is 2.10 bits per heavy atom. The number of imide groups is 1. The SMILES string of the molecule is CC=C1NC(=O)C(O)C(CCC(C)C)NC(=O)C(CC(N)=O)NC(=O)C(Cc2ccccc2O)NC(=O)C2CCCN2C(=O)C(C(C)OC)NC(=O)C(C(OS(=O)(=O)O)C(=O)NC(N)=O)NC(=O)CN(C)C1=O. The lowest BCUT2D eigenvalue weighted by Gasteiger charge is -2.33. The quantitative estimate of drug-likeness (QED) is 0.0650. The van der Waals surface area contributed by atoms with Crippen LogP contribution in [0.2, 0.25) is 0 Å². The van der Waals surface area contributed by atoms with E-state index in [-0.39, 0.29) is 49.5 Å². The normalized spacial score (nSPS) is 25.2. The van der Waals surface area contributed by atoms with Crippen LogP contribution >= 0.6 is 0 Å². The molecule has 0 aliphatic carbocycles. The van der Waals surface area contributed by atoms with Gasteiger partial charge in [-0.25, -0.2) is 8.98 Å². The lowest BCUT2D eigenvalue weighted by atomic mass is 9.98. The monoisotopic (exact) mass is 1050 g/mol. The van der Waals surface area contributed by atoms with Crippen LogP contribution in [0.25, 0.3) is 0 Å². The van der Waals surface area contributed by atoms with Gasteiger partial charge in [-0.1, -0.05) is 38.1 Å². The summed E-state index contributed by atoms with van der Waals surface area (Å²) in [5.74, 6) is -13.1. The molecule has 12 amide bonds. The second-order valence-electron chi connectivity index (χ2n) is 17.5. The summed E-state index contributed by atoms with van der Waals surface area (Å²) in [6.45, 7) is 4.85. The Morgan fingerprint density at radius 2 is 1.52 bits per heavy atom. The van der Waals surface area contributed by atoms with Crippen molar-refractivity contribution in [2.24, 2.45) is 17.4 Å². The number of methoxy groups -OCH3 is 1. The number of nitrogens with one attached hydrogen (secondary N) is 7. The van der Waals surface area contributed by atoms with E-state index in [1.54, 1.807) is 13.8 Å². The Labute approximate surface area is 419 Å². The number of amides is 12. The van der Waals surface area contributed by atoms with Crippen molar-refractivity contribution in [1.82, 2.24) is 47.0 Å². The number of aromatic hydroxyl groups is 1. The van der Waals surface area contributed by atoms with Crippen LogP contribution in [0.5, 0.6) is 5.75 Å². The van der Waals surface area contributed by atoms with Gasteiger partial charge in [0.05, 0.1) is 25.1 Å². The highest BCUT2D eigenvalue weighted by Crippen LogP contribution is 2.23. The van der Waals surface area contributed by atoms with Crippen molar-refractivity contribution >= 4 is 75.5 Å². The van der Waals surface area contributed by atoms with Gasteiger partial charge in [-0.05, 0) is 57.1 Å². The van der Waals surface area contributed by atoms with E-state index in [2.05, 4.69) is 30.8 Å². The number of primary amides is 2. The number of phenols is 1.